The molecule has 4 heteroatoms. The molecule has 4 rings (SSSR count). The van der Waals surface area contributed by atoms with E-state index in [0.717, 1.165) is 16.5 Å². The van der Waals surface area contributed by atoms with Crippen molar-refractivity contribution in [2.75, 3.05) is 0 Å². The summed E-state index contributed by atoms with van der Waals surface area (Å²) in [5.74, 6) is 0.632. The second-order valence-electron chi connectivity index (χ2n) is 5.17. The Bertz CT molecular complexity index is 1060. The number of benzene rings is 2. The molecule has 0 atom stereocenters. The highest BCUT2D eigenvalue weighted by atomic mass is 16.1. The average Bonchev–Trinajstić information content (AvgIpc) is 2.55. The lowest BCUT2D eigenvalue weighted by molar-refractivity contribution is 0.895. The highest BCUT2D eigenvalue weighted by molar-refractivity contribution is 5.90. The van der Waals surface area contributed by atoms with Gasteiger partial charge in [0.15, 0.2) is 5.65 Å². The maximum atomic E-state index is 12.9. The Morgan fingerprint density at radius 2 is 1.68 bits per heavy atom. The molecule has 4 nitrogen and oxygen atoms in total. The van der Waals surface area contributed by atoms with Crippen LogP contribution in [0.1, 0.15) is 5.82 Å². The standard InChI is InChI=1S/C18H13N3O/c1-12-20-17-15(9-5-11-19-17)18(22)21(12)16-10-4-7-13-6-2-3-8-14(13)16/h2-11H,1H3. The van der Waals surface area contributed by atoms with Crippen molar-refractivity contribution < 1.29 is 0 Å². The average molecular weight is 287 g/mol. The van der Waals surface area contributed by atoms with E-state index in [0.29, 0.717) is 16.9 Å². The maximum absolute atomic E-state index is 12.9. The Labute approximate surface area is 126 Å². The van der Waals surface area contributed by atoms with Crippen molar-refractivity contribution in [2.24, 2.45) is 0 Å². The van der Waals surface area contributed by atoms with Gasteiger partial charge in [-0.25, -0.2) is 9.97 Å². The van der Waals surface area contributed by atoms with Crippen LogP contribution in [0.4, 0.5) is 0 Å². The summed E-state index contributed by atoms with van der Waals surface area (Å²) in [5.41, 5.74) is 1.24. The summed E-state index contributed by atoms with van der Waals surface area (Å²) in [5, 5.41) is 2.65. The molecule has 0 radical (unpaired) electrons. The largest absolute Gasteiger partial charge is 0.268 e. The number of aromatic nitrogens is 3. The summed E-state index contributed by atoms with van der Waals surface area (Å²) in [6, 6.07) is 17.5. The van der Waals surface area contributed by atoms with Crippen LogP contribution in [0, 0.1) is 6.92 Å². The lowest BCUT2D eigenvalue weighted by atomic mass is 10.1. The molecule has 2 heterocycles. The minimum atomic E-state index is -0.0908. The molecule has 0 saturated carbocycles. The van der Waals surface area contributed by atoms with Gasteiger partial charge in [0.25, 0.3) is 5.56 Å². The highest BCUT2D eigenvalue weighted by Gasteiger charge is 2.12. The molecule has 0 saturated heterocycles. The van der Waals surface area contributed by atoms with Crippen LogP contribution in [0.5, 0.6) is 0 Å². The van der Waals surface area contributed by atoms with Crippen molar-refractivity contribution in [1.29, 1.82) is 0 Å². The number of aryl methyl sites for hydroxylation is 1. The van der Waals surface area contributed by atoms with Crippen LogP contribution in [-0.4, -0.2) is 14.5 Å². The lowest BCUT2D eigenvalue weighted by Gasteiger charge is -2.12. The number of nitrogens with zero attached hydrogens (tertiary/aromatic N) is 3. The maximum Gasteiger partial charge on any atom is 0.267 e. The molecule has 4 aromatic rings. The van der Waals surface area contributed by atoms with Gasteiger partial charge in [0, 0.05) is 11.6 Å². The first-order valence-corrected chi connectivity index (χ1v) is 7.08. The fraction of sp³-hybridized carbons (Fsp3) is 0.0556. The fourth-order valence-electron chi connectivity index (χ4n) is 2.81. The van der Waals surface area contributed by atoms with Crippen molar-refractivity contribution in [2.45, 2.75) is 6.92 Å². The third kappa shape index (κ3) is 1.81. The second-order valence-corrected chi connectivity index (χ2v) is 5.17. The number of rotatable bonds is 1. The molecule has 0 bridgehead atoms. The zero-order valence-corrected chi connectivity index (χ0v) is 12.0. The van der Waals surface area contributed by atoms with Gasteiger partial charge in [-0.2, -0.15) is 0 Å². The summed E-state index contributed by atoms with van der Waals surface area (Å²) in [4.78, 5) is 21.5. The predicted octanol–water partition coefficient (Wildman–Crippen LogP) is 3.24. The van der Waals surface area contributed by atoms with Gasteiger partial charge < -0.3 is 0 Å². The van der Waals surface area contributed by atoms with Crippen LogP contribution in [-0.2, 0) is 0 Å². The van der Waals surface area contributed by atoms with E-state index in [9.17, 15) is 4.79 Å². The first-order valence-electron chi connectivity index (χ1n) is 7.08. The van der Waals surface area contributed by atoms with E-state index in [1.54, 1.807) is 22.9 Å². The SMILES string of the molecule is Cc1nc2ncccc2c(=O)n1-c1cccc2ccccc12. The van der Waals surface area contributed by atoms with E-state index in [4.69, 9.17) is 0 Å². The van der Waals surface area contributed by atoms with E-state index in [-0.39, 0.29) is 5.56 Å². The van der Waals surface area contributed by atoms with E-state index >= 15 is 0 Å². The summed E-state index contributed by atoms with van der Waals surface area (Å²) in [7, 11) is 0. The van der Waals surface area contributed by atoms with Gasteiger partial charge in [-0.3, -0.25) is 9.36 Å². The monoisotopic (exact) mass is 287 g/mol. The van der Waals surface area contributed by atoms with Crippen LogP contribution in [0.3, 0.4) is 0 Å². The molecule has 0 spiro atoms. The van der Waals surface area contributed by atoms with Gasteiger partial charge in [-0.05, 0) is 30.5 Å². The third-order valence-corrected chi connectivity index (χ3v) is 3.82. The Kier molecular flexibility index (Phi) is 2.76. The van der Waals surface area contributed by atoms with Gasteiger partial charge in [0.2, 0.25) is 0 Å². The van der Waals surface area contributed by atoms with Crippen LogP contribution < -0.4 is 5.56 Å². The van der Waals surface area contributed by atoms with Crippen LogP contribution in [0.25, 0.3) is 27.5 Å². The molecule has 2 aromatic carbocycles. The summed E-state index contributed by atoms with van der Waals surface area (Å²) >= 11 is 0. The minimum absolute atomic E-state index is 0.0908. The fourth-order valence-corrected chi connectivity index (χ4v) is 2.81. The zero-order valence-electron chi connectivity index (χ0n) is 12.0. The molecule has 0 aliphatic rings. The Hall–Kier alpha value is -3.01. The van der Waals surface area contributed by atoms with E-state index in [1.165, 1.54) is 0 Å². The number of pyridine rings is 1. The molecule has 106 valence electrons. The van der Waals surface area contributed by atoms with Crippen molar-refractivity contribution in [3.8, 4) is 5.69 Å². The van der Waals surface area contributed by atoms with Gasteiger partial charge in [0.05, 0.1) is 11.1 Å². The summed E-state index contributed by atoms with van der Waals surface area (Å²) in [6.07, 6.45) is 1.65. The van der Waals surface area contributed by atoms with Gasteiger partial charge >= 0.3 is 0 Å². The molecule has 0 amide bonds. The number of hydrogen-bond donors (Lipinski definition) is 0. The quantitative estimate of drug-likeness (QED) is 0.540. The zero-order chi connectivity index (χ0) is 15.1. The first-order chi connectivity index (χ1) is 10.8. The normalized spacial score (nSPS) is 11.1. The van der Waals surface area contributed by atoms with Crippen molar-refractivity contribution in [1.82, 2.24) is 14.5 Å². The molecule has 0 aliphatic heterocycles. The molecule has 0 aliphatic carbocycles. The van der Waals surface area contributed by atoms with Crippen molar-refractivity contribution in [3.63, 3.8) is 0 Å². The highest BCUT2D eigenvalue weighted by Crippen LogP contribution is 2.22. The van der Waals surface area contributed by atoms with Crippen molar-refractivity contribution in [3.05, 3.63) is 77.0 Å². The van der Waals surface area contributed by atoms with Crippen molar-refractivity contribution >= 4 is 21.8 Å². The Morgan fingerprint density at radius 1 is 0.909 bits per heavy atom. The summed E-state index contributed by atoms with van der Waals surface area (Å²) in [6.45, 7) is 1.83. The van der Waals surface area contributed by atoms with E-state index in [1.807, 2.05) is 49.4 Å². The molecule has 22 heavy (non-hydrogen) atoms. The van der Waals surface area contributed by atoms with E-state index in [2.05, 4.69) is 9.97 Å². The van der Waals surface area contributed by atoms with Gasteiger partial charge in [-0.15, -0.1) is 0 Å². The third-order valence-electron chi connectivity index (χ3n) is 3.82. The molecule has 2 aromatic heterocycles. The summed E-state index contributed by atoms with van der Waals surface area (Å²) < 4.78 is 1.66. The topological polar surface area (TPSA) is 47.8 Å². The number of hydrogen-bond acceptors (Lipinski definition) is 3. The molecule has 0 unspecified atom stereocenters. The predicted molar refractivity (Wildman–Crippen MR) is 87.4 cm³/mol. The van der Waals surface area contributed by atoms with E-state index < -0.39 is 0 Å². The second kappa shape index (κ2) is 4.77. The first kappa shape index (κ1) is 12.7. The lowest BCUT2D eigenvalue weighted by Crippen LogP contribution is -2.22. The molecular weight excluding hydrogens is 274 g/mol. The van der Waals surface area contributed by atoms with Crippen LogP contribution in [0.2, 0.25) is 0 Å². The van der Waals surface area contributed by atoms with Gasteiger partial charge in [0.1, 0.15) is 5.82 Å². The van der Waals surface area contributed by atoms with Crippen LogP contribution in [0.15, 0.2) is 65.6 Å². The number of fused-ring (bicyclic) bond motifs is 2. The minimum Gasteiger partial charge on any atom is -0.268 e. The van der Waals surface area contributed by atoms with Crippen LogP contribution >= 0.6 is 0 Å². The molecule has 0 N–H and O–H groups in total. The smallest absolute Gasteiger partial charge is 0.267 e. The molecular formula is C18H13N3O. The molecule has 0 fully saturated rings. The Balaban J connectivity index is 2.15. The Morgan fingerprint density at radius 3 is 2.59 bits per heavy atom. The van der Waals surface area contributed by atoms with Gasteiger partial charge in [-0.1, -0.05) is 36.4 Å².